The normalized spacial score (nSPS) is 19.7. The summed E-state index contributed by atoms with van der Waals surface area (Å²) in [6, 6.07) is 4.34. The van der Waals surface area contributed by atoms with Gasteiger partial charge < -0.3 is 10.5 Å². The molecule has 0 radical (unpaired) electrons. The van der Waals surface area contributed by atoms with Crippen molar-refractivity contribution in [2.45, 2.75) is 18.9 Å². The fourth-order valence-corrected chi connectivity index (χ4v) is 2.43. The predicted octanol–water partition coefficient (Wildman–Crippen LogP) is 2.91. The molecule has 2 nitrogen and oxygen atoms in total. The molecule has 2 rings (SSSR count). The molecule has 0 unspecified atom stereocenters. The molecule has 0 saturated carbocycles. The van der Waals surface area contributed by atoms with Crippen LogP contribution >= 0.6 is 11.6 Å². The van der Waals surface area contributed by atoms with Gasteiger partial charge in [-0.25, -0.2) is 4.39 Å². The molecule has 1 fully saturated rings. The van der Waals surface area contributed by atoms with Crippen molar-refractivity contribution < 1.29 is 9.13 Å². The summed E-state index contributed by atoms with van der Waals surface area (Å²) >= 11 is 5.99. The molecular formula is C12H15ClFNO. The summed E-state index contributed by atoms with van der Waals surface area (Å²) in [4.78, 5) is 0. The average molecular weight is 244 g/mol. The lowest BCUT2D eigenvalue weighted by Crippen LogP contribution is -2.28. The van der Waals surface area contributed by atoms with Crippen molar-refractivity contribution in [3.05, 3.63) is 34.6 Å². The Hall–Kier alpha value is -0.640. The molecule has 88 valence electrons. The van der Waals surface area contributed by atoms with Crippen molar-refractivity contribution in [3.8, 4) is 0 Å². The molecule has 0 spiro atoms. The van der Waals surface area contributed by atoms with Crippen LogP contribution in [-0.4, -0.2) is 13.2 Å². The van der Waals surface area contributed by atoms with E-state index in [1.54, 1.807) is 12.1 Å². The highest BCUT2D eigenvalue weighted by Gasteiger charge is 2.25. The lowest BCUT2D eigenvalue weighted by atomic mass is 9.87. The predicted molar refractivity (Wildman–Crippen MR) is 61.9 cm³/mol. The monoisotopic (exact) mass is 243 g/mol. The highest BCUT2D eigenvalue weighted by molar-refractivity contribution is 6.31. The molecule has 0 aromatic heterocycles. The maximum atomic E-state index is 13.7. The van der Waals surface area contributed by atoms with Crippen LogP contribution in [0, 0.1) is 11.7 Å². The fraction of sp³-hybridized carbons (Fsp3) is 0.500. The molecular weight excluding hydrogens is 229 g/mol. The Bertz CT molecular complexity index is 346. The maximum Gasteiger partial charge on any atom is 0.129 e. The second-order valence-electron chi connectivity index (χ2n) is 4.11. The Balaban J connectivity index is 2.22. The van der Waals surface area contributed by atoms with Gasteiger partial charge in [-0.3, -0.25) is 0 Å². The molecule has 0 bridgehead atoms. The molecule has 1 aliphatic heterocycles. The van der Waals surface area contributed by atoms with Gasteiger partial charge in [0.05, 0.1) is 0 Å². The highest BCUT2D eigenvalue weighted by Crippen LogP contribution is 2.33. The number of hydrogen-bond donors (Lipinski definition) is 1. The van der Waals surface area contributed by atoms with E-state index in [0.29, 0.717) is 23.8 Å². The van der Waals surface area contributed by atoms with Crippen molar-refractivity contribution in [2.75, 3.05) is 13.2 Å². The molecule has 1 saturated heterocycles. The third-order valence-corrected chi connectivity index (χ3v) is 3.44. The van der Waals surface area contributed by atoms with Gasteiger partial charge in [0.15, 0.2) is 0 Å². The Kier molecular flexibility index (Phi) is 3.79. The minimum absolute atomic E-state index is 0.253. The summed E-state index contributed by atoms with van der Waals surface area (Å²) in [6.45, 7) is 1.40. The van der Waals surface area contributed by atoms with E-state index in [-0.39, 0.29) is 17.8 Å². The van der Waals surface area contributed by atoms with Crippen LogP contribution in [0.3, 0.4) is 0 Å². The number of halogens is 2. The van der Waals surface area contributed by atoms with Crippen molar-refractivity contribution in [1.82, 2.24) is 0 Å². The molecule has 1 heterocycles. The van der Waals surface area contributed by atoms with Gasteiger partial charge in [0.1, 0.15) is 5.82 Å². The molecule has 1 aromatic carbocycles. The summed E-state index contributed by atoms with van der Waals surface area (Å²) in [5, 5.41) is 0.416. The second-order valence-corrected chi connectivity index (χ2v) is 4.52. The molecule has 2 N–H and O–H groups in total. The summed E-state index contributed by atoms with van der Waals surface area (Å²) in [5.74, 6) is -0.0605. The fourth-order valence-electron chi connectivity index (χ4n) is 2.14. The van der Waals surface area contributed by atoms with Crippen molar-refractivity contribution in [3.63, 3.8) is 0 Å². The van der Waals surface area contributed by atoms with Crippen LogP contribution in [0.25, 0.3) is 0 Å². The minimum atomic E-state index is -0.336. The van der Waals surface area contributed by atoms with Crippen LogP contribution in [0.2, 0.25) is 5.02 Å². The first-order valence-corrected chi connectivity index (χ1v) is 5.85. The largest absolute Gasteiger partial charge is 0.381 e. The van der Waals surface area contributed by atoms with Gasteiger partial charge >= 0.3 is 0 Å². The number of ether oxygens (including phenoxy) is 1. The molecule has 0 aliphatic carbocycles. The van der Waals surface area contributed by atoms with E-state index in [1.165, 1.54) is 6.07 Å². The van der Waals surface area contributed by atoms with Gasteiger partial charge in [0, 0.05) is 29.8 Å². The van der Waals surface area contributed by atoms with E-state index in [4.69, 9.17) is 22.1 Å². The molecule has 1 atom stereocenters. The molecule has 0 amide bonds. The van der Waals surface area contributed by atoms with Gasteiger partial charge in [-0.1, -0.05) is 17.7 Å². The summed E-state index contributed by atoms with van der Waals surface area (Å²) in [7, 11) is 0. The third kappa shape index (κ3) is 2.37. The Morgan fingerprint density at radius 1 is 1.38 bits per heavy atom. The summed E-state index contributed by atoms with van der Waals surface area (Å²) in [5.41, 5.74) is 6.53. The van der Waals surface area contributed by atoms with E-state index in [9.17, 15) is 4.39 Å². The molecule has 16 heavy (non-hydrogen) atoms. The van der Waals surface area contributed by atoms with Crippen LogP contribution in [0.1, 0.15) is 24.4 Å². The zero-order chi connectivity index (χ0) is 11.5. The smallest absolute Gasteiger partial charge is 0.129 e. The van der Waals surface area contributed by atoms with E-state index in [1.807, 2.05) is 0 Å². The van der Waals surface area contributed by atoms with Crippen LogP contribution in [0.15, 0.2) is 18.2 Å². The van der Waals surface area contributed by atoms with E-state index in [0.717, 1.165) is 12.8 Å². The number of benzene rings is 1. The van der Waals surface area contributed by atoms with E-state index in [2.05, 4.69) is 0 Å². The standard InChI is InChI=1S/C12H15ClFNO/c13-9-2-1-3-10(14)11(9)12(15)8-4-6-16-7-5-8/h1-3,8,12H,4-7,15H2/t12-/m1/s1. The first kappa shape index (κ1) is 11.8. The molecule has 4 heteroatoms. The van der Waals surface area contributed by atoms with Crippen LogP contribution in [-0.2, 0) is 4.74 Å². The van der Waals surface area contributed by atoms with Gasteiger partial charge in [-0.2, -0.15) is 0 Å². The van der Waals surface area contributed by atoms with Crippen LogP contribution in [0.5, 0.6) is 0 Å². The van der Waals surface area contributed by atoms with Gasteiger partial charge in [-0.05, 0) is 30.9 Å². The van der Waals surface area contributed by atoms with Crippen LogP contribution in [0.4, 0.5) is 4.39 Å². The SMILES string of the molecule is N[C@@H](c1c(F)cccc1Cl)C1CCOCC1. The average Bonchev–Trinajstić information content (AvgIpc) is 2.30. The van der Waals surface area contributed by atoms with Gasteiger partial charge in [-0.15, -0.1) is 0 Å². The Labute approximate surface area is 99.5 Å². The lowest BCUT2D eigenvalue weighted by molar-refractivity contribution is 0.0580. The second kappa shape index (κ2) is 5.13. The summed E-state index contributed by atoms with van der Waals surface area (Å²) in [6.07, 6.45) is 1.73. The first-order chi connectivity index (χ1) is 7.70. The molecule has 1 aromatic rings. The number of rotatable bonds is 2. The van der Waals surface area contributed by atoms with Crippen molar-refractivity contribution in [2.24, 2.45) is 11.7 Å². The first-order valence-electron chi connectivity index (χ1n) is 5.47. The Morgan fingerprint density at radius 2 is 2.06 bits per heavy atom. The topological polar surface area (TPSA) is 35.2 Å². The van der Waals surface area contributed by atoms with Gasteiger partial charge in [0.2, 0.25) is 0 Å². The highest BCUT2D eigenvalue weighted by atomic mass is 35.5. The Morgan fingerprint density at radius 3 is 2.69 bits per heavy atom. The van der Waals surface area contributed by atoms with Crippen molar-refractivity contribution in [1.29, 1.82) is 0 Å². The van der Waals surface area contributed by atoms with Crippen LogP contribution < -0.4 is 5.73 Å². The maximum absolute atomic E-state index is 13.7. The summed E-state index contributed by atoms with van der Waals surface area (Å²) < 4.78 is 18.9. The quantitative estimate of drug-likeness (QED) is 0.867. The number of hydrogen-bond acceptors (Lipinski definition) is 2. The van der Waals surface area contributed by atoms with E-state index < -0.39 is 0 Å². The molecule has 1 aliphatic rings. The van der Waals surface area contributed by atoms with Crippen molar-refractivity contribution >= 4 is 11.6 Å². The minimum Gasteiger partial charge on any atom is -0.381 e. The lowest BCUT2D eigenvalue weighted by Gasteiger charge is -2.28. The van der Waals surface area contributed by atoms with Gasteiger partial charge in [0.25, 0.3) is 0 Å². The third-order valence-electron chi connectivity index (χ3n) is 3.11. The number of nitrogens with two attached hydrogens (primary N) is 1. The zero-order valence-corrected chi connectivity index (χ0v) is 9.71. The van der Waals surface area contributed by atoms with E-state index >= 15 is 0 Å². The zero-order valence-electron chi connectivity index (χ0n) is 8.96.